The second-order valence-electron chi connectivity index (χ2n) is 2.62. The summed E-state index contributed by atoms with van der Waals surface area (Å²) in [5.74, 6) is 0. The summed E-state index contributed by atoms with van der Waals surface area (Å²) >= 11 is 1.83. The Labute approximate surface area is 60.2 Å². The molecule has 0 saturated carbocycles. The lowest BCUT2D eigenvalue weighted by Gasteiger charge is -2.20. The van der Waals surface area contributed by atoms with Gasteiger partial charge in [0.1, 0.15) is 0 Å². The van der Waals surface area contributed by atoms with Gasteiger partial charge in [-0.3, -0.25) is 0 Å². The van der Waals surface area contributed by atoms with Crippen LogP contribution in [0.2, 0.25) is 0 Å². The molecule has 52 valence electrons. The highest BCUT2D eigenvalue weighted by atomic mass is 32.2. The molecule has 1 heterocycles. The Morgan fingerprint density at radius 1 is 1.78 bits per heavy atom. The van der Waals surface area contributed by atoms with Crippen molar-refractivity contribution in [2.75, 3.05) is 6.61 Å². The van der Waals surface area contributed by atoms with Crippen molar-refractivity contribution in [3.05, 3.63) is 11.5 Å². The fourth-order valence-electron chi connectivity index (χ4n) is 0.955. The molecule has 1 unspecified atom stereocenters. The largest absolute Gasteiger partial charge is 0.396 e. The summed E-state index contributed by atoms with van der Waals surface area (Å²) in [5, 5.41) is 10.8. The molecule has 0 aromatic rings. The molecule has 0 amide bonds. The topological polar surface area (TPSA) is 20.2 Å². The fraction of sp³-hybridized carbons (Fsp3) is 0.714. The van der Waals surface area contributed by atoms with E-state index in [4.69, 9.17) is 5.11 Å². The van der Waals surface area contributed by atoms with Gasteiger partial charge in [0, 0.05) is 11.4 Å². The summed E-state index contributed by atoms with van der Waals surface area (Å²) in [5.41, 5.74) is 0. The van der Waals surface area contributed by atoms with E-state index in [2.05, 4.69) is 18.4 Å². The quantitative estimate of drug-likeness (QED) is 0.637. The number of thioether (sulfide) groups is 1. The van der Waals surface area contributed by atoms with Crippen molar-refractivity contribution in [3.8, 4) is 0 Å². The predicted molar refractivity (Wildman–Crippen MR) is 41.5 cm³/mol. The number of hydrogen-bond acceptors (Lipinski definition) is 2. The van der Waals surface area contributed by atoms with Crippen LogP contribution in [-0.4, -0.2) is 16.5 Å². The third-order valence-corrected chi connectivity index (χ3v) is 2.91. The summed E-state index contributed by atoms with van der Waals surface area (Å²) in [6.45, 7) is 2.50. The van der Waals surface area contributed by atoms with Gasteiger partial charge in [-0.1, -0.05) is 6.08 Å². The third-order valence-electron chi connectivity index (χ3n) is 1.64. The summed E-state index contributed by atoms with van der Waals surface area (Å²) in [6, 6.07) is 0. The van der Waals surface area contributed by atoms with Gasteiger partial charge in [-0.15, -0.1) is 11.8 Å². The second-order valence-corrected chi connectivity index (χ2v) is 4.11. The summed E-state index contributed by atoms with van der Waals surface area (Å²) < 4.78 is 0.300. The van der Waals surface area contributed by atoms with Crippen molar-refractivity contribution < 1.29 is 5.11 Å². The number of rotatable bonds is 2. The highest BCUT2D eigenvalue weighted by Crippen LogP contribution is 2.38. The predicted octanol–water partition coefficient (Wildman–Crippen LogP) is 1.78. The molecule has 9 heavy (non-hydrogen) atoms. The van der Waals surface area contributed by atoms with Crippen molar-refractivity contribution in [3.63, 3.8) is 0 Å². The number of allylic oxidation sites excluding steroid dienone is 1. The van der Waals surface area contributed by atoms with Crippen LogP contribution in [0.1, 0.15) is 19.8 Å². The van der Waals surface area contributed by atoms with E-state index in [1.807, 2.05) is 11.8 Å². The highest BCUT2D eigenvalue weighted by Gasteiger charge is 2.24. The number of aliphatic hydroxyl groups is 1. The average molecular weight is 144 g/mol. The second kappa shape index (κ2) is 2.76. The normalized spacial score (nSPS) is 33.6. The molecular weight excluding hydrogens is 132 g/mol. The van der Waals surface area contributed by atoms with Gasteiger partial charge in [0.15, 0.2) is 0 Å². The average Bonchev–Trinajstić information content (AvgIpc) is 2.16. The van der Waals surface area contributed by atoms with Crippen LogP contribution >= 0.6 is 11.8 Å². The van der Waals surface area contributed by atoms with E-state index < -0.39 is 0 Å². The van der Waals surface area contributed by atoms with Gasteiger partial charge in [0.05, 0.1) is 0 Å². The molecule has 0 aliphatic carbocycles. The Morgan fingerprint density at radius 2 is 2.56 bits per heavy atom. The molecule has 1 nitrogen and oxygen atoms in total. The van der Waals surface area contributed by atoms with Gasteiger partial charge in [-0.25, -0.2) is 0 Å². The lowest BCUT2D eigenvalue weighted by Crippen LogP contribution is -2.17. The summed E-state index contributed by atoms with van der Waals surface area (Å²) in [6.07, 6.45) is 4.18. The maximum absolute atomic E-state index is 8.65. The first-order valence-corrected chi connectivity index (χ1v) is 4.08. The minimum Gasteiger partial charge on any atom is -0.396 e. The van der Waals surface area contributed by atoms with Crippen LogP contribution in [0.15, 0.2) is 11.5 Å². The first-order chi connectivity index (χ1) is 4.27. The van der Waals surface area contributed by atoms with Crippen LogP contribution in [-0.2, 0) is 0 Å². The fourth-order valence-corrected chi connectivity index (χ4v) is 1.88. The minimum absolute atomic E-state index is 0.300. The molecule has 0 aromatic heterocycles. The smallest absolute Gasteiger partial charge is 0.0444 e. The van der Waals surface area contributed by atoms with E-state index in [0.29, 0.717) is 11.4 Å². The lowest BCUT2D eigenvalue weighted by molar-refractivity contribution is 0.272. The van der Waals surface area contributed by atoms with Crippen molar-refractivity contribution in [1.82, 2.24) is 0 Å². The Morgan fingerprint density at radius 3 is 3.00 bits per heavy atom. The Hall–Kier alpha value is 0.0500. The Kier molecular flexibility index (Phi) is 2.19. The maximum atomic E-state index is 8.65. The molecule has 0 spiro atoms. The van der Waals surface area contributed by atoms with Crippen molar-refractivity contribution in [2.24, 2.45) is 0 Å². The van der Waals surface area contributed by atoms with Crippen LogP contribution in [0.5, 0.6) is 0 Å². The lowest BCUT2D eigenvalue weighted by atomic mass is 10.0. The van der Waals surface area contributed by atoms with E-state index in [0.717, 1.165) is 12.8 Å². The zero-order valence-electron chi connectivity index (χ0n) is 5.63. The molecule has 0 fully saturated rings. The third kappa shape index (κ3) is 1.73. The Bertz CT molecular complexity index is 112. The van der Waals surface area contributed by atoms with Crippen LogP contribution in [0.3, 0.4) is 0 Å². The van der Waals surface area contributed by atoms with Gasteiger partial charge in [-0.05, 0) is 25.2 Å². The minimum atomic E-state index is 0.300. The number of aliphatic hydroxyl groups excluding tert-OH is 1. The molecule has 0 saturated heterocycles. The molecule has 1 aliphatic rings. The molecule has 1 aliphatic heterocycles. The molecule has 0 bridgehead atoms. The molecular formula is C7H12OS. The monoisotopic (exact) mass is 144 g/mol. The van der Waals surface area contributed by atoms with Gasteiger partial charge in [0.25, 0.3) is 0 Å². The first kappa shape index (κ1) is 7.16. The zero-order chi connectivity index (χ0) is 6.74. The zero-order valence-corrected chi connectivity index (χ0v) is 6.45. The molecule has 0 aromatic carbocycles. The van der Waals surface area contributed by atoms with E-state index in [-0.39, 0.29) is 0 Å². The molecule has 0 radical (unpaired) electrons. The van der Waals surface area contributed by atoms with Crippen LogP contribution < -0.4 is 0 Å². The first-order valence-electron chi connectivity index (χ1n) is 3.20. The van der Waals surface area contributed by atoms with E-state index in [9.17, 15) is 0 Å². The maximum Gasteiger partial charge on any atom is 0.0444 e. The molecule has 2 heteroatoms. The summed E-state index contributed by atoms with van der Waals surface area (Å²) in [4.78, 5) is 0. The van der Waals surface area contributed by atoms with Gasteiger partial charge >= 0.3 is 0 Å². The van der Waals surface area contributed by atoms with Crippen molar-refractivity contribution >= 4 is 11.8 Å². The van der Waals surface area contributed by atoms with Gasteiger partial charge < -0.3 is 5.11 Å². The van der Waals surface area contributed by atoms with Crippen LogP contribution in [0, 0.1) is 0 Å². The SMILES string of the molecule is CC1(CCO)CC=CS1. The van der Waals surface area contributed by atoms with Crippen molar-refractivity contribution in [1.29, 1.82) is 0 Å². The standard InChI is InChI=1S/C7H12OS/c1-7(4-5-8)3-2-6-9-7/h2,6,8H,3-5H2,1H3. The van der Waals surface area contributed by atoms with E-state index >= 15 is 0 Å². The van der Waals surface area contributed by atoms with E-state index in [1.165, 1.54) is 0 Å². The highest BCUT2D eigenvalue weighted by molar-refractivity contribution is 8.03. The molecule has 1 N–H and O–H groups in total. The number of hydrogen-bond donors (Lipinski definition) is 1. The van der Waals surface area contributed by atoms with Gasteiger partial charge in [0.2, 0.25) is 0 Å². The van der Waals surface area contributed by atoms with Crippen molar-refractivity contribution in [2.45, 2.75) is 24.5 Å². The van der Waals surface area contributed by atoms with E-state index in [1.54, 1.807) is 0 Å². The molecule has 1 atom stereocenters. The van der Waals surface area contributed by atoms with Crippen LogP contribution in [0.25, 0.3) is 0 Å². The Balaban J connectivity index is 2.36. The van der Waals surface area contributed by atoms with Crippen LogP contribution in [0.4, 0.5) is 0 Å². The molecule has 1 rings (SSSR count). The summed E-state index contributed by atoms with van der Waals surface area (Å²) in [7, 11) is 0. The van der Waals surface area contributed by atoms with Gasteiger partial charge in [-0.2, -0.15) is 0 Å².